The Hall–Kier alpha value is -1.26. The van der Waals surface area contributed by atoms with Gasteiger partial charge in [0.2, 0.25) is 5.91 Å². The summed E-state index contributed by atoms with van der Waals surface area (Å²) in [7, 11) is 1.55. The molecule has 1 aromatic rings. The number of hydrogen-bond acceptors (Lipinski definition) is 3. The molecule has 0 aromatic heterocycles. The van der Waals surface area contributed by atoms with Crippen molar-refractivity contribution >= 4 is 23.2 Å². The van der Waals surface area contributed by atoms with Crippen molar-refractivity contribution in [2.24, 2.45) is 0 Å². The van der Waals surface area contributed by atoms with Crippen LogP contribution >= 0.6 is 11.6 Å². The van der Waals surface area contributed by atoms with Crippen molar-refractivity contribution in [3.8, 4) is 5.75 Å². The minimum atomic E-state index is -0.00692. The van der Waals surface area contributed by atoms with E-state index in [9.17, 15) is 4.79 Å². The van der Waals surface area contributed by atoms with Crippen LogP contribution in [0.25, 0.3) is 0 Å². The second kappa shape index (κ2) is 6.07. The molecule has 0 spiro atoms. The molecule has 1 aliphatic carbocycles. The van der Waals surface area contributed by atoms with Gasteiger partial charge in [-0.2, -0.15) is 0 Å². The van der Waals surface area contributed by atoms with Crippen LogP contribution in [0.4, 0.5) is 5.69 Å². The lowest BCUT2D eigenvalue weighted by molar-refractivity contribution is -0.116. The van der Waals surface area contributed by atoms with Gasteiger partial charge in [0.15, 0.2) is 0 Å². The summed E-state index contributed by atoms with van der Waals surface area (Å²) in [5.41, 5.74) is 0.702. The van der Waals surface area contributed by atoms with E-state index in [1.54, 1.807) is 25.3 Å². The number of ether oxygens (including phenoxy) is 1. The molecule has 0 bridgehead atoms. The lowest BCUT2D eigenvalue weighted by atomic mass is 10.3. The van der Waals surface area contributed by atoms with E-state index in [0.717, 1.165) is 6.54 Å². The van der Waals surface area contributed by atoms with E-state index >= 15 is 0 Å². The molecule has 5 heteroatoms. The third-order valence-corrected chi connectivity index (χ3v) is 3.11. The molecule has 1 saturated carbocycles. The fraction of sp³-hybridized carbons (Fsp3) is 0.462. The Morgan fingerprint density at radius 3 is 2.94 bits per heavy atom. The molecule has 0 radical (unpaired) electrons. The molecule has 0 unspecified atom stereocenters. The fourth-order valence-electron chi connectivity index (χ4n) is 1.64. The Bertz CT molecular complexity index is 433. The molecule has 4 nitrogen and oxygen atoms in total. The van der Waals surface area contributed by atoms with Crippen LogP contribution in [0.3, 0.4) is 0 Å². The van der Waals surface area contributed by atoms with Crippen molar-refractivity contribution in [3.05, 3.63) is 23.2 Å². The van der Waals surface area contributed by atoms with Crippen LogP contribution in [0, 0.1) is 0 Å². The Morgan fingerprint density at radius 1 is 1.50 bits per heavy atom. The minimum absolute atomic E-state index is 0.00692. The summed E-state index contributed by atoms with van der Waals surface area (Å²) in [5, 5.41) is 6.65. The number of benzene rings is 1. The van der Waals surface area contributed by atoms with Crippen molar-refractivity contribution in [1.82, 2.24) is 5.32 Å². The van der Waals surface area contributed by atoms with Gasteiger partial charge in [-0.15, -0.1) is 0 Å². The summed E-state index contributed by atoms with van der Waals surface area (Å²) in [6.07, 6.45) is 2.94. The average Bonchev–Trinajstić information content (AvgIpc) is 3.15. The first kappa shape index (κ1) is 13.2. The summed E-state index contributed by atoms with van der Waals surface area (Å²) in [5.74, 6) is 0.554. The molecule has 2 rings (SSSR count). The largest absolute Gasteiger partial charge is 0.495 e. The van der Waals surface area contributed by atoms with Gasteiger partial charge in [0.1, 0.15) is 5.75 Å². The third kappa shape index (κ3) is 3.89. The van der Waals surface area contributed by atoms with Crippen LogP contribution in [0.1, 0.15) is 19.3 Å². The van der Waals surface area contributed by atoms with E-state index in [-0.39, 0.29) is 5.91 Å². The molecule has 1 fully saturated rings. The Kier molecular flexibility index (Phi) is 4.44. The highest BCUT2D eigenvalue weighted by atomic mass is 35.5. The Morgan fingerprint density at radius 2 is 2.28 bits per heavy atom. The lowest BCUT2D eigenvalue weighted by Crippen LogP contribution is -2.23. The average molecular weight is 269 g/mol. The predicted molar refractivity (Wildman–Crippen MR) is 72.3 cm³/mol. The van der Waals surface area contributed by atoms with Crippen molar-refractivity contribution in [3.63, 3.8) is 0 Å². The summed E-state index contributed by atoms with van der Waals surface area (Å²) in [6.45, 7) is 0.723. The molecule has 2 N–H and O–H groups in total. The van der Waals surface area contributed by atoms with Gasteiger partial charge in [0.05, 0.1) is 12.1 Å². The van der Waals surface area contributed by atoms with E-state index in [1.807, 2.05) is 0 Å². The number of amides is 1. The molecule has 18 heavy (non-hydrogen) atoms. The number of carbonyl (C=O) groups is 1. The Balaban J connectivity index is 1.81. The Labute approximate surface area is 112 Å². The molecule has 1 aromatic carbocycles. The van der Waals surface area contributed by atoms with Gasteiger partial charge in [0, 0.05) is 30.8 Å². The van der Waals surface area contributed by atoms with Crippen molar-refractivity contribution in [2.75, 3.05) is 19.0 Å². The summed E-state index contributed by atoms with van der Waals surface area (Å²) in [6, 6.07) is 5.82. The van der Waals surface area contributed by atoms with E-state index < -0.39 is 0 Å². The van der Waals surface area contributed by atoms with E-state index in [1.165, 1.54) is 12.8 Å². The molecule has 98 valence electrons. The monoisotopic (exact) mass is 268 g/mol. The highest BCUT2D eigenvalue weighted by Crippen LogP contribution is 2.27. The normalized spacial score (nSPS) is 14.3. The first-order valence-corrected chi connectivity index (χ1v) is 6.43. The molecule has 0 heterocycles. The topological polar surface area (TPSA) is 50.4 Å². The first-order valence-electron chi connectivity index (χ1n) is 6.06. The number of anilines is 1. The number of rotatable bonds is 6. The maximum atomic E-state index is 11.7. The van der Waals surface area contributed by atoms with Crippen molar-refractivity contribution in [2.45, 2.75) is 25.3 Å². The minimum Gasteiger partial charge on any atom is -0.495 e. The van der Waals surface area contributed by atoms with Crippen LogP contribution in [-0.2, 0) is 4.79 Å². The molecular formula is C13H17ClN2O2. The number of halogens is 1. The second-order valence-corrected chi connectivity index (χ2v) is 4.78. The molecule has 1 aliphatic rings. The zero-order valence-corrected chi connectivity index (χ0v) is 11.1. The molecular weight excluding hydrogens is 252 g/mol. The molecule has 0 atom stereocenters. The van der Waals surface area contributed by atoms with Gasteiger partial charge in [-0.3, -0.25) is 4.79 Å². The van der Waals surface area contributed by atoms with Crippen LogP contribution in [0.15, 0.2) is 18.2 Å². The summed E-state index contributed by atoms with van der Waals surface area (Å²) < 4.78 is 5.09. The highest BCUT2D eigenvalue weighted by molar-refractivity contribution is 6.32. The zero-order chi connectivity index (χ0) is 13.0. The summed E-state index contributed by atoms with van der Waals surface area (Å²) in [4.78, 5) is 11.7. The SMILES string of the molecule is COc1cc(NC(=O)CCNC2CC2)ccc1Cl. The number of carbonyl (C=O) groups excluding carboxylic acids is 1. The second-order valence-electron chi connectivity index (χ2n) is 4.38. The van der Waals surface area contributed by atoms with E-state index in [4.69, 9.17) is 16.3 Å². The van der Waals surface area contributed by atoms with Gasteiger partial charge in [-0.25, -0.2) is 0 Å². The van der Waals surface area contributed by atoms with Crippen LogP contribution < -0.4 is 15.4 Å². The smallest absolute Gasteiger partial charge is 0.225 e. The van der Waals surface area contributed by atoms with Gasteiger partial charge >= 0.3 is 0 Å². The predicted octanol–water partition coefficient (Wildman–Crippen LogP) is 2.43. The lowest BCUT2D eigenvalue weighted by Gasteiger charge is -2.08. The maximum absolute atomic E-state index is 11.7. The van der Waals surface area contributed by atoms with Gasteiger partial charge in [-0.05, 0) is 25.0 Å². The quantitative estimate of drug-likeness (QED) is 0.833. The molecule has 0 saturated heterocycles. The molecule has 1 amide bonds. The van der Waals surface area contributed by atoms with Crippen LogP contribution in [0.2, 0.25) is 5.02 Å². The van der Waals surface area contributed by atoms with Crippen LogP contribution in [0.5, 0.6) is 5.75 Å². The maximum Gasteiger partial charge on any atom is 0.225 e. The number of nitrogens with one attached hydrogen (secondary N) is 2. The van der Waals surface area contributed by atoms with Crippen LogP contribution in [-0.4, -0.2) is 25.6 Å². The fourth-order valence-corrected chi connectivity index (χ4v) is 1.83. The standard InChI is InChI=1S/C13H17ClN2O2/c1-18-12-8-10(4-5-11(12)14)16-13(17)6-7-15-9-2-3-9/h4-5,8-9,15H,2-3,6-7H2,1H3,(H,16,17). The molecule has 0 aliphatic heterocycles. The third-order valence-electron chi connectivity index (χ3n) is 2.80. The van der Waals surface area contributed by atoms with E-state index in [2.05, 4.69) is 10.6 Å². The van der Waals surface area contributed by atoms with E-state index in [0.29, 0.717) is 28.9 Å². The highest BCUT2D eigenvalue weighted by Gasteiger charge is 2.20. The van der Waals surface area contributed by atoms with Gasteiger partial charge in [0.25, 0.3) is 0 Å². The van der Waals surface area contributed by atoms with Gasteiger partial charge in [-0.1, -0.05) is 11.6 Å². The van der Waals surface area contributed by atoms with Gasteiger partial charge < -0.3 is 15.4 Å². The first-order chi connectivity index (χ1) is 8.69. The zero-order valence-electron chi connectivity index (χ0n) is 10.3. The van der Waals surface area contributed by atoms with Crippen molar-refractivity contribution in [1.29, 1.82) is 0 Å². The number of hydrogen-bond donors (Lipinski definition) is 2. The van der Waals surface area contributed by atoms with Crippen molar-refractivity contribution < 1.29 is 9.53 Å². The summed E-state index contributed by atoms with van der Waals surface area (Å²) >= 11 is 5.91. The number of methoxy groups -OCH3 is 1.